The summed E-state index contributed by atoms with van der Waals surface area (Å²) in [5.41, 5.74) is 4.98. The van der Waals surface area contributed by atoms with E-state index in [0.717, 1.165) is 0 Å². The van der Waals surface area contributed by atoms with Crippen LogP contribution in [0.2, 0.25) is 0 Å². The topological polar surface area (TPSA) is 107 Å². The van der Waals surface area contributed by atoms with E-state index in [4.69, 9.17) is 10.4 Å². The first-order valence-corrected chi connectivity index (χ1v) is 6.05. The second kappa shape index (κ2) is 7.64. The number of phenols is 1. The van der Waals surface area contributed by atoms with Crippen LogP contribution in [-0.4, -0.2) is 22.7 Å². The zero-order valence-electron chi connectivity index (χ0n) is 7.94. The number of aromatic hydroxyl groups is 1. The lowest BCUT2D eigenvalue weighted by Crippen LogP contribution is -2.14. The second-order valence-electron chi connectivity index (χ2n) is 2.52. The lowest BCUT2D eigenvalue weighted by molar-refractivity contribution is -0.120. The fraction of sp³-hybridized carbons (Fsp3) is 0.111. The van der Waals surface area contributed by atoms with Gasteiger partial charge >= 0.3 is 0 Å². The molecule has 0 aliphatic heterocycles. The number of rotatable bonds is 1. The van der Waals surface area contributed by atoms with Gasteiger partial charge in [-0.25, -0.2) is 0 Å². The van der Waals surface area contributed by atoms with Crippen molar-refractivity contribution < 1.29 is 15.0 Å². The number of carbonyl (C=O) groups excluding carboxylic acids is 1. The third-order valence-electron chi connectivity index (χ3n) is 1.30. The molecule has 4 N–H and O–H groups in total. The summed E-state index contributed by atoms with van der Waals surface area (Å²) >= 11 is 3.99. The molecule has 0 bridgehead atoms. The van der Waals surface area contributed by atoms with E-state index >= 15 is 0 Å². The Morgan fingerprint density at radius 3 is 2.06 bits per heavy atom. The average molecular weight is 446 g/mol. The molecule has 0 heterocycles. The Kier molecular flexibility index (Phi) is 7.35. The maximum Gasteiger partial charge on any atom is 0.243 e. The predicted molar refractivity (Wildman–Crippen MR) is 74.5 cm³/mol. The van der Waals surface area contributed by atoms with Crippen LogP contribution in [0.1, 0.15) is 5.56 Å². The van der Waals surface area contributed by atoms with Crippen LogP contribution in [0, 0.1) is 18.5 Å². The number of nitriles is 1. The standard InChI is InChI=1S/C7H3I2NO.C2H5NO2/c8-5-1-4(3-10)2-6(9)7(5)11;3-2(5)1-4/h1-2,11H;4H,1H2,(H2,3,5). The van der Waals surface area contributed by atoms with Gasteiger partial charge in [0.1, 0.15) is 12.4 Å². The minimum Gasteiger partial charge on any atom is -0.506 e. The Morgan fingerprint density at radius 2 is 1.81 bits per heavy atom. The fourth-order valence-corrected chi connectivity index (χ4v) is 2.40. The Hall–Kier alpha value is -0.600. The van der Waals surface area contributed by atoms with Gasteiger partial charge in [-0.15, -0.1) is 0 Å². The molecule has 1 amide bonds. The number of primary amides is 1. The number of nitrogens with zero attached hydrogens (tertiary/aromatic N) is 1. The first-order valence-electron chi connectivity index (χ1n) is 3.89. The molecule has 0 fully saturated rings. The summed E-state index contributed by atoms with van der Waals surface area (Å²) in [4.78, 5) is 9.34. The van der Waals surface area contributed by atoms with Gasteiger partial charge in [-0.05, 0) is 57.3 Å². The number of nitrogens with two attached hydrogens (primary N) is 1. The highest BCUT2D eigenvalue weighted by atomic mass is 127. The average Bonchev–Trinajstić information content (AvgIpc) is 2.25. The van der Waals surface area contributed by atoms with Gasteiger partial charge in [0, 0.05) is 0 Å². The Balaban J connectivity index is 0.000000385. The Bertz CT molecular complexity index is 406. The monoisotopic (exact) mass is 446 g/mol. The van der Waals surface area contributed by atoms with Gasteiger partial charge < -0.3 is 15.9 Å². The lowest BCUT2D eigenvalue weighted by atomic mass is 10.2. The minimum absolute atomic E-state index is 0.255. The van der Waals surface area contributed by atoms with Crippen molar-refractivity contribution in [2.24, 2.45) is 5.73 Å². The van der Waals surface area contributed by atoms with E-state index in [1.54, 1.807) is 12.1 Å². The van der Waals surface area contributed by atoms with Crippen LogP contribution in [0.5, 0.6) is 5.75 Å². The molecule has 0 unspecified atom stereocenters. The van der Waals surface area contributed by atoms with Crippen LogP contribution in [0.25, 0.3) is 0 Å². The van der Waals surface area contributed by atoms with Crippen LogP contribution in [0.15, 0.2) is 12.1 Å². The number of carbonyl (C=O) groups is 1. The molecule has 0 aliphatic carbocycles. The van der Waals surface area contributed by atoms with Crippen molar-refractivity contribution in [2.75, 3.05) is 6.61 Å². The molecule has 16 heavy (non-hydrogen) atoms. The predicted octanol–water partition coefficient (Wildman–Crippen LogP) is 0.937. The smallest absolute Gasteiger partial charge is 0.243 e. The maximum absolute atomic E-state index is 9.34. The fourth-order valence-electron chi connectivity index (χ4n) is 0.630. The second-order valence-corrected chi connectivity index (χ2v) is 4.85. The number of phenolic OH excluding ortho intramolecular Hbond substituents is 1. The van der Waals surface area contributed by atoms with Crippen LogP contribution >= 0.6 is 45.2 Å². The highest BCUT2D eigenvalue weighted by molar-refractivity contribution is 14.1. The molecule has 0 radical (unpaired) electrons. The minimum atomic E-state index is -0.690. The van der Waals surface area contributed by atoms with E-state index in [9.17, 15) is 9.90 Å². The van der Waals surface area contributed by atoms with Crippen LogP contribution in [-0.2, 0) is 4.79 Å². The van der Waals surface area contributed by atoms with Gasteiger partial charge in [0.05, 0.1) is 18.8 Å². The number of aliphatic hydroxyl groups is 1. The number of aliphatic hydroxyl groups excluding tert-OH is 1. The van der Waals surface area contributed by atoms with Gasteiger partial charge in [0.25, 0.3) is 0 Å². The summed E-state index contributed by atoms with van der Waals surface area (Å²) in [6, 6.07) is 5.32. The largest absolute Gasteiger partial charge is 0.506 e. The highest BCUT2D eigenvalue weighted by Gasteiger charge is 2.04. The highest BCUT2D eigenvalue weighted by Crippen LogP contribution is 2.26. The first-order chi connectivity index (χ1) is 7.42. The zero-order valence-corrected chi connectivity index (χ0v) is 12.3. The molecular weight excluding hydrogens is 438 g/mol. The van der Waals surface area contributed by atoms with E-state index in [0.29, 0.717) is 12.7 Å². The molecule has 0 aliphatic rings. The van der Waals surface area contributed by atoms with E-state index in [1.165, 1.54) is 0 Å². The summed E-state index contributed by atoms with van der Waals surface area (Å²) < 4.78 is 1.43. The molecule has 7 heteroatoms. The van der Waals surface area contributed by atoms with Crippen LogP contribution in [0.4, 0.5) is 0 Å². The quantitative estimate of drug-likeness (QED) is 0.559. The number of amides is 1. The van der Waals surface area contributed by atoms with Crippen molar-refractivity contribution in [1.82, 2.24) is 0 Å². The molecule has 0 atom stereocenters. The van der Waals surface area contributed by atoms with E-state index in [1.807, 2.05) is 51.3 Å². The lowest BCUT2D eigenvalue weighted by Gasteiger charge is -1.99. The molecule has 0 saturated carbocycles. The first kappa shape index (κ1) is 15.4. The number of benzene rings is 1. The van der Waals surface area contributed by atoms with Crippen molar-refractivity contribution in [3.05, 3.63) is 24.8 Å². The Labute approximate surface area is 120 Å². The van der Waals surface area contributed by atoms with Crippen molar-refractivity contribution >= 4 is 51.1 Å². The van der Waals surface area contributed by atoms with Gasteiger partial charge in [0.2, 0.25) is 5.91 Å². The zero-order chi connectivity index (χ0) is 12.7. The maximum atomic E-state index is 9.34. The number of hydrogen-bond donors (Lipinski definition) is 3. The number of halogens is 2. The molecule has 1 aromatic rings. The molecule has 86 valence electrons. The summed E-state index contributed by atoms with van der Waals surface area (Å²) in [5, 5.41) is 25.5. The summed E-state index contributed by atoms with van der Waals surface area (Å²) in [6.45, 7) is -0.556. The van der Waals surface area contributed by atoms with Gasteiger partial charge in [0.15, 0.2) is 0 Å². The molecule has 1 rings (SSSR count). The van der Waals surface area contributed by atoms with Gasteiger partial charge in [-0.2, -0.15) is 5.26 Å². The molecule has 0 aromatic heterocycles. The molecular formula is C9H8I2N2O3. The third kappa shape index (κ3) is 5.47. The van der Waals surface area contributed by atoms with Crippen molar-refractivity contribution in [2.45, 2.75) is 0 Å². The number of hydrogen-bond acceptors (Lipinski definition) is 4. The van der Waals surface area contributed by atoms with Crippen LogP contribution in [0.3, 0.4) is 0 Å². The van der Waals surface area contributed by atoms with Crippen molar-refractivity contribution in [1.29, 1.82) is 5.26 Å². The molecule has 5 nitrogen and oxygen atoms in total. The normalized spacial score (nSPS) is 8.62. The Morgan fingerprint density at radius 1 is 1.44 bits per heavy atom. The van der Waals surface area contributed by atoms with Gasteiger partial charge in [-0.1, -0.05) is 0 Å². The van der Waals surface area contributed by atoms with E-state index in [-0.39, 0.29) is 5.75 Å². The van der Waals surface area contributed by atoms with Crippen molar-refractivity contribution in [3.63, 3.8) is 0 Å². The molecule has 1 aromatic carbocycles. The summed E-state index contributed by atoms with van der Waals surface area (Å²) in [5.74, 6) is -0.435. The molecule has 0 spiro atoms. The van der Waals surface area contributed by atoms with Crippen molar-refractivity contribution in [3.8, 4) is 11.8 Å². The van der Waals surface area contributed by atoms with E-state index < -0.39 is 12.5 Å². The summed E-state index contributed by atoms with van der Waals surface area (Å²) in [7, 11) is 0. The SMILES string of the molecule is N#Cc1cc(I)c(O)c(I)c1.NC(=O)CO. The third-order valence-corrected chi connectivity index (χ3v) is 2.95. The molecule has 0 saturated heterocycles. The summed E-state index contributed by atoms with van der Waals surface area (Å²) in [6.07, 6.45) is 0. The van der Waals surface area contributed by atoms with Gasteiger partial charge in [-0.3, -0.25) is 4.79 Å². The van der Waals surface area contributed by atoms with E-state index in [2.05, 4.69) is 5.73 Å². The van der Waals surface area contributed by atoms with Crippen LogP contribution < -0.4 is 5.73 Å².